The molecule has 0 bridgehead atoms. The average molecular weight is 195 g/mol. The summed E-state index contributed by atoms with van der Waals surface area (Å²) in [7, 11) is 0. The first kappa shape index (κ1) is 10.0. The summed E-state index contributed by atoms with van der Waals surface area (Å²) in [6, 6.07) is 7.34. The first-order valence-corrected chi connectivity index (χ1v) is 4.47. The number of aldehydes is 1. The molecular weight excluding hydrogens is 184 g/mol. The largest absolute Gasteiger partial charge is 0.303 e. The van der Waals surface area contributed by atoms with E-state index in [1.165, 1.54) is 0 Å². The Morgan fingerprint density at radius 2 is 2.31 bits per heavy atom. The highest BCUT2D eigenvalue weighted by Gasteiger charge is 2.07. The topological polar surface area (TPSA) is 17.1 Å². The van der Waals surface area contributed by atoms with Gasteiger partial charge in [-0.05, 0) is 24.1 Å². The summed E-state index contributed by atoms with van der Waals surface area (Å²) in [6.45, 7) is 3.60. The maximum absolute atomic E-state index is 10.7. The third-order valence-electron chi connectivity index (χ3n) is 1.86. The molecule has 1 aromatic carbocycles. The number of hydrogen-bond acceptors (Lipinski definition) is 1. The van der Waals surface area contributed by atoms with Crippen LogP contribution in [0.25, 0.3) is 0 Å². The van der Waals surface area contributed by atoms with Crippen molar-refractivity contribution in [2.24, 2.45) is 0 Å². The van der Waals surface area contributed by atoms with E-state index < -0.39 is 0 Å². The third-order valence-corrected chi connectivity index (χ3v) is 2.10. The van der Waals surface area contributed by atoms with Gasteiger partial charge in [-0.25, -0.2) is 0 Å². The third kappa shape index (κ3) is 2.71. The molecule has 0 saturated heterocycles. The van der Waals surface area contributed by atoms with Crippen LogP contribution in [0.3, 0.4) is 0 Å². The Balaban J connectivity index is 2.90. The lowest BCUT2D eigenvalue weighted by molar-refractivity contribution is -0.109. The van der Waals surface area contributed by atoms with Gasteiger partial charge in [0, 0.05) is 10.9 Å². The number of allylic oxidation sites excluding steroid dienone is 1. The van der Waals surface area contributed by atoms with Gasteiger partial charge < -0.3 is 4.79 Å². The molecule has 1 nitrogen and oxygen atoms in total. The number of benzene rings is 1. The molecule has 0 saturated carbocycles. The second-order valence-corrected chi connectivity index (χ2v) is 3.26. The standard InChI is InChI=1S/C11H11ClO/c1-2-4-10(8-13)9-5-3-6-11(12)7-9/h2-3,5-8,10H,1,4H2. The molecule has 68 valence electrons. The van der Waals surface area contributed by atoms with Crippen molar-refractivity contribution in [2.75, 3.05) is 0 Å². The second kappa shape index (κ2) is 4.83. The highest BCUT2D eigenvalue weighted by Crippen LogP contribution is 2.20. The van der Waals surface area contributed by atoms with Gasteiger partial charge in [0.1, 0.15) is 6.29 Å². The zero-order valence-corrected chi connectivity index (χ0v) is 8.00. The summed E-state index contributed by atoms with van der Waals surface area (Å²) in [5.74, 6) is -0.115. The van der Waals surface area contributed by atoms with Crippen molar-refractivity contribution in [3.8, 4) is 0 Å². The van der Waals surface area contributed by atoms with E-state index >= 15 is 0 Å². The first-order chi connectivity index (χ1) is 6.27. The van der Waals surface area contributed by atoms with Gasteiger partial charge in [0.15, 0.2) is 0 Å². The first-order valence-electron chi connectivity index (χ1n) is 4.09. The Morgan fingerprint density at radius 3 is 2.85 bits per heavy atom. The SMILES string of the molecule is C=CCC(C=O)c1cccc(Cl)c1. The predicted octanol–water partition coefficient (Wildman–Crippen LogP) is 3.20. The minimum absolute atomic E-state index is 0.115. The lowest BCUT2D eigenvalue weighted by Gasteiger charge is -2.07. The van der Waals surface area contributed by atoms with Gasteiger partial charge in [-0.1, -0.05) is 29.8 Å². The smallest absolute Gasteiger partial charge is 0.127 e. The van der Waals surface area contributed by atoms with Crippen LogP contribution in [-0.4, -0.2) is 6.29 Å². The maximum Gasteiger partial charge on any atom is 0.127 e. The molecule has 0 amide bonds. The van der Waals surface area contributed by atoms with E-state index in [0.29, 0.717) is 11.4 Å². The molecule has 0 aliphatic carbocycles. The van der Waals surface area contributed by atoms with Crippen LogP contribution < -0.4 is 0 Å². The highest BCUT2D eigenvalue weighted by atomic mass is 35.5. The number of halogens is 1. The molecule has 2 heteroatoms. The predicted molar refractivity (Wildman–Crippen MR) is 55.1 cm³/mol. The molecular formula is C11H11ClO. The fourth-order valence-corrected chi connectivity index (χ4v) is 1.39. The van der Waals surface area contributed by atoms with E-state index in [9.17, 15) is 4.79 Å². The molecule has 0 radical (unpaired) electrons. The van der Waals surface area contributed by atoms with Crippen molar-refractivity contribution in [3.63, 3.8) is 0 Å². The minimum Gasteiger partial charge on any atom is -0.303 e. The van der Waals surface area contributed by atoms with Gasteiger partial charge in [0.2, 0.25) is 0 Å². The minimum atomic E-state index is -0.115. The molecule has 1 aromatic rings. The number of rotatable bonds is 4. The molecule has 0 aliphatic rings. The molecule has 0 aliphatic heterocycles. The summed E-state index contributed by atoms with van der Waals surface area (Å²) in [5.41, 5.74) is 0.947. The lowest BCUT2D eigenvalue weighted by atomic mass is 9.97. The molecule has 0 spiro atoms. The molecule has 0 N–H and O–H groups in total. The number of carbonyl (C=O) groups excluding carboxylic acids is 1. The zero-order chi connectivity index (χ0) is 9.68. The Labute approximate surface area is 83.0 Å². The van der Waals surface area contributed by atoms with E-state index in [2.05, 4.69) is 6.58 Å². The van der Waals surface area contributed by atoms with Gasteiger partial charge >= 0.3 is 0 Å². The molecule has 0 fully saturated rings. The molecule has 1 atom stereocenters. The monoisotopic (exact) mass is 194 g/mol. The summed E-state index contributed by atoms with van der Waals surface area (Å²) in [6.07, 6.45) is 3.32. The van der Waals surface area contributed by atoms with Gasteiger partial charge in [0.25, 0.3) is 0 Å². The van der Waals surface area contributed by atoms with E-state index in [1.54, 1.807) is 12.1 Å². The summed E-state index contributed by atoms with van der Waals surface area (Å²) in [4.78, 5) is 10.7. The lowest BCUT2D eigenvalue weighted by Crippen LogP contribution is -1.98. The van der Waals surface area contributed by atoms with Crippen LogP contribution >= 0.6 is 11.6 Å². The fraction of sp³-hybridized carbons (Fsp3) is 0.182. The van der Waals surface area contributed by atoms with Crippen LogP contribution in [0.4, 0.5) is 0 Å². The zero-order valence-electron chi connectivity index (χ0n) is 7.24. The van der Waals surface area contributed by atoms with Crippen molar-refractivity contribution in [1.29, 1.82) is 0 Å². The Bertz CT molecular complexity index is 307. The van der Waals surface area contributed by atoms with Crippen LogP contribution in [0.1, 0.15) is 17.9 Å². The Morgan fingerprint density at radius 1 is 1.54 bits per heavy atom. The normalized spacial score (nSPS) is 12.1. The molecule has 13 heavy (non-hydrogen) atoms. The summed E-state index contributed by atoms with van der Waals surface area (Å²) >= 11 is 5.80. The van der Waals surface area contributed by atoms with Gasteiger partial charge in [-0.2, -0.15) is 0 Å². The van der Waals surface area contributed by atoms with Crippen molar-refractivity contribution in [3.05, 3.63) is 47.5 Å². The van der Waals surface area contributed by atoms with Crippen molar-refractivity contribution < 1.29 is 4.79 Å². The maximum atomic E-state index is 10.7. The molecule has 1 rings (SSSR count). The van der Waals surface area contributed by atoms with Crippen molar-refractivity contribution in [2.45, 2.75) is 12.3 Å². The van der Waals surface area contributed by atoms with Crippen LogP contribution in [-0.2, 0) is 4.79 Å². The Hall–Kier alpha value is -1.08. The Kier molecular flexibility index (Phi) is 3.71. The fourth-order valence-electron chi connectivity index (χ4n) is 1.19. The summed E-state index contributed by atoms with van der Waals surface area (Å²) < 4.78 is 0. The van der Waals surface area contributed by atoms with Crippen LogP contribution in [0.2, 0.25) is 5.02 Å². The molecule has 0 aromatic heterocycles. The number of carbonyl (C=O) groups is 1. The van der Waals surface area contributed by atoms with Gasteiger partial charge in [-0.3, -0.25) is 0 Å². The second-order valence-electron chi connectivity index (χ2n) is 2.82. The summed E-state index contributed by atoms with van der Waals surface area (Å²) in [5, 5.41) is 0.661. The highest BCUT2D eigenvalue weighted by molar-refractivity contribution is 6.30. The van der Waals surface area contributed by atoms with Crippen LogP contribution in [0.5, 0.6) is 0 Å². The van der Waals surface area contributed by atoms with Gasteiger partial charge in [-0.15, -0.1) is 6.58 Å². The van der Waals surface area contributed by atoms with E-state index in [4.69, 9.17) is 11.6 Å². The van der Waals surface area contributed by atoms with Gasteiger partial charge in [0.05, 0.1) is 0 Å². The van der Waals surface area contributed by atoms with E-state index in [0.717, 1.165) is 11.8 Å². The van der Waals surface area contributed by atoms with Crippen molar-refractivity contribution in [1.82, 2.24) is 0 Å². The van der Waals surface area contributed by atoms with E-state index in [-0.39, 0.29) is 5.92 Å². The van der Waals surface area contributed by atoms with Crippen LogP contribution in [0.15, 0.2) is 36.9 Å². The molecule has 1 unspecified atom stereocenters. The van der Waals surface area contributed by atoms with Crippen molar-refractivity contribution >= 4 is 17.9 Å². The van der Waals surface area contributed by atoms with E-state index in [1.807, 2.05) is 18.2 Å². The average Bonchev–Trinajstić information content (AvgIpc) is 2.14. The molecule has 0 heterocycles. The number of hydrogen-bond donors (Lipinski definition) is 0. The quantitative estimate of drug-likeness (QED) is 0.532. The van der Waals surface area contributed by atoms with Crippen LogP contribution in [0, 0.1) is 0 Å².